The number of H-pyrrole nitrogens is 1. The number of thioether (sulfide) groups is 1. The molecular weight excluding hydrogens is 1320 g/mol. The number of nitrogens with two attached hydrogens (primary N) is 3. The molecule has 0 bridgehead atoms. The van der Waals surface area contributed by atoms with Crippen molar-refractivity contribution in [3.8, 4) is 0 Å². The zero-order valence-electron chi connectivity index (χ0n) is 58.2. The van der Waals surface area contributed by atoms with Gasteiger partial charge in [0, 0.05) is 37.7 Å². The number of carbonyl (C=O) groups is 14. The van der Waals surface area contributed by atoms with Crippen LogP contribution in [-0.4, -0.2) is 199 Å². The molecule has 2 aliphatic rings. The average molecular weight is 1420 g/mol. The minimum Gasteiger partial charge on any atom is -0.481 e. The van der Waals surface area contributed by atoms with Crippen molar-refractivity contribution in [2.45, 2.75) is 223 Å². The van der Waals surface area contributed by atoms with E-state index in [4.69, 9.17) is 17.2 Å². The molecule has 1 aromatic carbocycles. The molecule has 1 saturated heterocycles. The molecular formula is C66H103N17O16S. The van der Waals surface area contributed by atoms with E-state index in [0.717, 1.165) is 6.42 Å². The molecule has 20 N–H and O–H groups in total. The van der Waals surface area contributed by atoms with Crippen LogP contribution in [0.3, 0.4) is 0 Å². The summed E-state index contributed by atoms with van der Waals surface area (Å²) in [6, 6.07) is -7.45. The molecule has 554 valence electrons. The SMILES string of the molecule is CC[C@@H](C)[C@H]1NC(=O)[C@@H](CCCN)NC(=O)[C@@H](NC(=O)[C@@H](NC(=O)[C@H](CCC(=O)O)NC(=O)[C@@H](CC(C)C)NC(=O)C2CN=C([C@@H](N)[C@@H](C)CC)S2)[C@@H](C)CC)CCCCNC(=O)[C@H](CC(N)=O)NC(=O)[C@@H](CC(=O)O)NC(=O)[C@@H](Cc2cnc[nH]2)NC(=O)[C@@H](Cc2ccccc2)NC1=O. The Balaban J connectivity index is 1.76. The fourth-order valence-corrected chi connectivity index (χ4v) is 12.0. The minimum atomic E-state index is -1.94. The van der Waals surface area contributed by atoms with Gasteiger partial charge in [-0.05, 0) is 80.7 Å². The number of aromatic nitrogens is 2. The van der Waals surface area contributed by atoms with Crippen molar-refractivity contribution in [2.75, 3.05) is 19.6 Å². The molecule has 0 aliphatic carbocycles. The predicted molar refractivity (Wildman–Crippen MR) is 369 cm³/mol. The monoisotopic (exact) mass is 1420 g/mol. The van der Waals surface area contributed by atoms with Crippen molar-refractivity contribution < 1.29 is 77.3 Å². The van der Waals surface area contributed by atoms with Crippen molar-refractivity contribution in [1.82, 2.24) is 68.5 Å². The third-order valence-electron chi connectivity index (χ3n) is 17.5. The highest BCUT2D eigenvalue weighted by atomic mass is 32.2. The lowest BCUT2D eigenvalue weighted by Gasteiger charge is -2.30. The summed E-state index contributed by atoms with van der Waals surface area (Å²) in [5, 5.41) is 48.4. The molecule has 100 heavy (non-hydrogen) atoms. The van der Waals surface area contributed by atoms with Crippen LogP contribution in [0.2, 0.25) is 0 Å². The minimum absolute atomic E-state index is 0.00169. The van der Waals surface area contributed by atoms with Crippen LogP contribution in [0.25, 0.3) is 0 Å². The lowest BCUT2D eigenvalue weighted by molar-refractivity contribution is -0.142. The Kier molecular flexibility index (Phi) is 35.1. The van der Waals surface area contributed by atoms with E-state index in [2.05, 4.69) is 73.4 Å². The van der Waals surface area contributed by atoms with E-state index in [-0.39, 0.29) is 95.7 Å². The van der Waals surface area contributed by atoms with E-state index in [9.17, 15) is 77.3 Å². The number of benzene rings is 1. The smallest absolute Gasteiger partial charge is 0.305 e. The highest BCUT2D eigenvalue weighted by Crippen LogP contribution is 2.27. The molecule has 3 heterocycles. The number of hydrogen-bond acceptors (Lipinski definition) is 19. The first-order valence-corrected chi connectivity index (χ1v) is 35.0. The second-order valence-corrected chi connectivity index (χ2v) is 27.2. The molecule has 0 saturated carbocycles. The van der Waals surface area contributed by atoms with E-state index in [1.165, 1.54) is 24.3 Å². The molecule has 1 fully saturated rings. The molecule has 1 unspecified atom stereocenters. The largest absolute Gasteiger partial charge is 0.481 e. The zero-order valence-corrected chi connectivity index (χ0v) is 59.0. The number of nitrogens with one attached hydrogen (secondary N) is 12. The third kappa shape index (κ3) is 27.6. The summed E-state index contributed by atoms with van der Waals surface area (Å²) in [7, 11) is 0. The van der Waals surface area contributed by atoms with Crippen LogP contribution in [0.15, 0.2) is 47.8 Å². The van der Waals surface area contributed by atoms with Crippen molar-refractivity contribution in [2.24, 2.45) is 45.9 Å². The summed E-state index contributed by atoms with van der Waals surface area (Å²) in [5.41, 5.74) is 18.7. The van der Waals surface area contributed by atoms with Gasteiger partial charge in [0.2, 0.25) is 70.9 Å². The fourth-order valence-electron chi connectivity index (χ4n) is 10.9. The van der Waals surface area contributed by atoms with Gasteiger partial charge in [-0.2, -0.15) is 0 Å². The maximum Gasteiger partial charge on any atom is 0.305 e. The number of aliphatic imine (C=N–C) groups is 1. The first-order valence-electron chi connectivity index (χ1n) is 34.1. The Labute approximate surface area is 586 Å². The topological polar surface area (TPSA) is 531 Å². The fraction of sp³-hybridized carbons (Fsp3) is 0.636. The summed E-state index contributed by atoms with van der Waals surface area (Å²) < 4.78 is 0. The first-order chi connectivity index (χ1) is 47.4. The zero-order chi connectivity index (χ0) is 74.3. The first kappa shape index (κ1) is 83.4. The number of aromatic amines is 1. The van der Waals surface area contributed by atoms with Gasteiger partial charge >= 0.3 is 11.9 Å². The maximum absolute atomic E-state index is 14.9. The Hall–Kier alpha value is -9.05. The quantitative estimate of drug-likeness (QED) is 0.0401. The summed E-state index contributed by atoms with van der Waals surface area (Å²) in [4.78, 5) is 207. The lowest BCUT2D eigenvalue weighted by Crippen LogP contribution is -2.62. The molecule has 33 nitrogen and oxygen atoms in total. The average Bonchev–Trinajstić information content (AvgIpc) is 1.24. The van der Waals surface area contributed by atoms with Crippen molar-refractivity contribution >= 4 is 99.6 Å². The van der Waals surface area contributed by atoms with Crippen molar-refractivity contribution in [3.63, 3.8) is 0 Å². The second-order valence-electron chi connectivity index (χ2n) is 25.9. The van der Waals surface area contributed by atoms with Gasteiger partial charge in [-0.15, -0.1) is 0 Å². The number of nitrogens with zero attached hydrogens (tertiary/aromatic N) is 2. The predicted octanol–water partition coefficient (Wildman–Crippen LogP) is -1.68. The van der Waals surface area contributed by atoms with E-state index < -0.39 is 192 Å². The van der Waals surface area contributed by atoms with Gasteiger partial charge in [0.15, 0.2) is 0 Å². The standard InChI is InChI=1S/C66H103N17O16S/c1-9-35(6)52(69)66-72-32-48(100-66)63(97)80-43(26-34(4)5)59(93)75-42(22-23-50(85)86)58(92)83-53(36(7)10-2)64(98)76-40-20-15-16-25-71-55(89)46(29-49(68)84)78-62(96)47(30-51(87)88)79-61(95)45(28-39-31-70-33-73-39)77-60(94)44(27-38-18-13-12-14-19-38)81-65(99)54(37(8)11-3)82-57(91)41(21-17-24-67)74-56(40)90/h12-14,18-19,31,33-37,40-48,52-54H,9-11,15-17,20-30,32,67,69H2,1-8H3,(H2,68,84)(H,70,73)(H,71,89)(H,74,90)(H,75,93)(H,76,98)(H,77,94)(H,78,96)(H,79,95)(H,80,97)(H,81,99)(H,82,91)(H,83,92)(H,85,86)(H,87,88)/t35-,36-,37+,40-,41+,42-,43+,44+,45+,46-,47+,48?,52-,53-,54+/m0/s1. The highest BCUT2D eigenvalue weighted by molar-refractivity contribution is 8.15. The van der Waals surface area contributed by atoms with Gasteiger partial charge in [-0.25, -0.2) is 4.98 Å². The van der Waals surface area contributed by atoms with E-state index in [1.807, 2.05) is 27.7 Å². The van der Waals surface area contributed by atoms with Crippen LogP contribution in [0.1, 0.15) is 150 Å². The van der Waals surface area contributed by atoms with Crippen LogP contribution < -0.4 is 75.7 Å². The van der Waals surface area contributed by atoms with Crippen LogP contribution in [0.4, 0.5) is 0 Å². The molecule has 2 aromatic rings. The Bertz CT molecular complexity index is 3160. The van der Waals surface area contributed by atoms with E-state index >= 15 is 0 Å². The van der Waals surface area contributed by atoms with Gasteiger partial charge in [0.05, 0.1) is 36.8 Å². The van der Waals surface area contributed by atoms with Crippen LogP contribution in [0.5, 0.6) is 0 Å². The summed E-state index contributed by atoms with van der Waals surface area (Å²) in [6.07, 6.45) is 0.386. The maximum atomic E-state index is 14.9. The van der Waals surface area contributed by atoms with Crippen LogP contribution in [0, 0.1) is 23.7 Å². The van der Waals surface area contributed by atoms with Gasteiger partial charge in [-0.3, -0.25) is 72.1 Å². The molecule has 1 aromatic heterocycles. The van der Waals surface area contributed by atoms with Crippen molar-refractivity contribution in [1.29, 1.82) is 0 Å². The number of primary amides is 1. The second kappa shape index (κ2) is 42.1. The summed E-state index contributed by atoms with van der Waals surface area (Å²) in [6.45, 7) is 14.2. The number of carboxylic acids is 2. The number of hydrogen-bond donors (Lipinski definition) is 17. The Morgan fingerprint density at radius 3 is 1.85 bits per heavy atom. The molecule has 4 rings (SSSR count). The number of carboxylic acid groups (broad SMARTS) is 2. The molecule has 2 aliphatic heterocycles. The number of imidazole rings is 1. The highest BCUT2D eigenvalue weighted by Gasteiger charge is 2.40. The Morgan fingerprint density at radius 2 is 1.26 bits per heavy atom. The number of aliphatic carboxylic acids is 2. The molecule has 12 amide bonds. The Morgan fingerprint density at radius 1 is 0.660 bits per heavy atom. The van der Waals surface area contributed by atoms with E-state index in [1.54, 1.807) is 58.0 Å². The lowest BCUT2D eigenvalue weighted by atomic mass is 9.96. The molecule has 34 heteroatoms. The van der Waals surface area contributed by atoms with Gasteiger partial charge < -0.3 is 90.9 Å². The molecule has 0 radical (unpaired) electrons. The van der Waals surface area contributed by atoms with E-state index in [0.29, 0.717) is 16.3 Å². The number of amides is 12. The summed E-state index contributed by atoms with van der Waals surface area (Å²) in [5.74, 6) is -15.6. The van der Waals surface area contributed by atoms with Gasteiger partial charge in [0.25, 0.3) is 0 Å². The van der Waals surface area contributed by atoms with Crippen molar-refractivity contribution in [3.05, 3.63) is 54.1 Å². The van der Waals surface area contributed by atoms with Gasteiger partial charge in [-0.1, -0.05) is 117 Å². The van der Waals surface area contributed by atoms with Crippen LogP contribution in [-0.2, 0) is 80.0 Å². The van der Waals surface area contributed by atoms with Crippen LogP contribution >= 0.6 is 11.8 Å². The number of carbonyl (C=O) groups excluding carboxylic acids is 12. The number of rotatable bonds is 31. The third-order valence-corrected chi connectivity index (χ3v) is 18.8. The summed E-state index contributed by atoms with van der Waals surface area (Å²) >= 11 is 1.20. The normalized spacial score (nSPS) is 23.1. The van der Waals surface area contributed by atoms with Gasteiger partial charge in [0.1, 0.15) is 65.7 Å². The molecule has 15 atom stereocenters. The molecule has 0 spiro atoms.